The number of rotatable bonds is 9. The van der Waals surface area contributed by atoms with Gasteiger partial charge in [0.2, 0.25) is 5.91 Å². The van der Waals surface area contributed by atoms with E-state index in [1.165, 1.54) is 0 Å². The normalized spacial score (nSPS) is 14.0. The Labute approximate surface area is 149 Å². The molecule has 2 aromatic rings. The van der Waals surface area contributed by atoms with Gasteiger partial charge in [-0.3, -0.25) is 4.79 Å². The molecule has 0 radical (unpaired) electrons. The molecule has 0 aliphatic rings. The summed E-state index contributed by atoms with van der Waals surface area (Å²) in [5.74, 6) is 0.706. The minimum absolute atomic E-state index is 0.147. The number of hydrogen-bond donors (Lipinski definition) is 1. The number of para-hydroxylation sites is 2. The van der Waals surface area contributed by atoms with Crippen molar-refractivity contribution in [2.75, 3.05) is 19.8 Å². The Morgan fingerprint density at radius 2 is 1.92 bits per heavy atom. The average Bonchev–Trinajstić information content (AvgIpc) is 2.98. The molecule has 0 bridgehead atoms. The van der Waals surface area contributed by atoms with Gasteiger partial charge in [0.05, 0.1) is 30.3 Å². The van der Waals surface area contributed by atoms with Gasteiger partial charge in [-0.2, -0.15) is 0 Å². The lowest BCUT2D eigenvalue weighted by atomic mass is 10.2. The summed E-state index contributed by atoms with van der Waals surface area (Å²) in [6, 6.07) is 8.07. The summed E-state index contributed by atoms with van der Waals surface area (Å²) in [7, 11) is 0. The van der Waals surface area contributed by atoms with Crippen LogP contribution in [0.25, 0.3) is 11.0 Å². The van der Waals surface area contributed by atoms with Gasteiger partial charge < -0.3 is 19.4 Å². The van der Waals surface area contributed by atoms with Crippen LogP contribution < -0.4 is 5.32 Å². The second kappa shape index (κ2) is 8.97. The lowest BCUT2D eigenvalue weighted by Crippen LogP contribution is -2.37. The number of hydrogen-bond acceptors (Lipinski definition) is 4. The summed E-state index contributed by atoms with van der Waals surface area (Å²) in [6.07, 6.45) is -0.528. The first-order chi connectivity index (χ1) is 12.0. The zero-order valence-corrected chi connectivity index (χ0v) is 15.8. The van der Waals surface area contributed by atoms with E-state index in [9.17, 15) is 4.79 Å². The van der Waals surface area contributed by atoms with E-state index in [0.29, 0.717) is 19.8 Å². The molecular formula is C19H29N3O3. The van der Waals surface area contributed by atoms with Gasteiger partial charge >= 0.3 is 0 Å². The fourth-order valence-electron chi connectivity index (χ4n) is 2.81. The van der Waals surface area contributed by atoms with Crippen molar-refractivity contribution in [2.45, 2.75) is 52.8 Å². The van der Waals surface area contributed by atoms with Crippen LogP contribution in [0.15, 0.2) is 24.3 Å². The minimum Gasteiger partial charge on any atom is -0.379 e. The van der Waals surface area contributed by atoms with E-state index in [4.69, 9.17) is 14.5 Å². The van der Waals surface area contributed by atoms with Crippen LogP contribution in [0, 0.1) is 0 Å². The second-order valence-corrected chi connectivity index (χ2v) is 6.36. The lowest BCUT2D eigenvalue weighted by molar-refractivity contribution is -0.133. The van der Waals surface area contributed by atoms with Gasteiger partial charge in [0, 0.05) is 12.6 Å². The van der Waals surface area contributed by atoms with E-state index in [1.807, 2.05) is 32.0 Å². The maximum Gasteiger partial charge on any atom is 0.249 e. The summed E-state index contributed by atoms with van der Waals surface area (Å²) >= 11 is 0. The van der Waals surface area contributed by atoms with Crippen molar-refractivity contribution in [1.29, 1.82) is 0 Å². The van der Waals surface area contributed by atoms with E-state index in [1.54, 1.807) is 6.92 Å². The number of carbonyl (C=O) groups is 1. The molecule has 0 fully saturated rings. The first kappa shape index (κ1) is 19.4. The molecule has 1 N–H and O–H groups in total. The van der Waals surface area contributed by atoms with Crippen LogP contribution in [0.2, 0.25) is 0 Å². The number of fused-ring (bicyclic) bond motifs is 1. The van der Waals surface area contributed by atoms with Gasteiger partial charge in [0.1, 0.15) is 11.9 Å². The molecule has 6 nitrogen and oxygen atoms in total. The standard InChI is InChI=1S/C19H29N3O3/c1-6-24-11-12-25-15(5)19(23)20-14(4)18-21-16-9-7-8-10-17(16)22(18)13(2)3/h7-10,13-15H,6,11-12H2,1-5H3,(H,20,23)/t14-,15+/m1/s1. The largest absolute Gasteiger partial charge is 0.379 e. The molecule has 6 heteroatoms. The summed E-state index contributed by atoms with van der Waals surface area (Å²) < 4.78 is 12.9. The van der Waals surface area contributed by atoms with Gasteiger partial charge in [0.25, 0.3) is 0 Å². The van der Waals surface area contributed by atoms with Gasteiger partial charge in [-0.05, 0) is 46.8 Å². The van der Waals surface area contributed by atoms with Crippen molar-refractivity contribution in [2.24, 2.45) is 0 Å². The number of benzene rings is 1. The number of nitrogens with zero attached hydrogens (tertiary/aromatic N) is 2. The number of ether oxygens (including phenoxy) is 2. The van der Waals surface area contributed by atoms with Gasteiger partial charge in [-0.15, -0.1) is 0 Å². The zero-order chi connectivity index (χ0) is 18.4. The SMILES string of the molecule is CCOCCO[C@@H](C)C(=O)N[C@H](C)c1nc2ccccc2n1C(C)C. The van der Waals surface area contributed by atoms with Crippen molar-refractivity contribution >= 4 is 16.9 Å². The molecule has 1 amide bonds. The highest BCUT2D eigenvalue weighted by Gasteiger charge is 2.22. The van der Waals surface area contributed by atoms with Crippen LogP contribution in [0.3, 0.4) is 0 Å². The molecule has 2 atom stereocenters. The Bertz CT molecular complexity index is 696. The highest BCUT2D eigenvalue weighted by Crippen LogP contribution is 2.24. The summed E-state index contributed by atoms with van der Waals surface area (Å²) in [5.41, 5.74) is 2.02. The average molecular weight is 347 g/mol. The molecule has 1 aromatic heterocycles. The Morgan fingerprint density at radius 3 is 2.60 bits per heavy atom. The highest BCUT2D eigenvalue weighted by molar-refractivity contribution is 5.81. The van der Waals surface area contributed by atoms with Crippen molar-refractivity contribution in [1.82, 2.24) is 14.9 Å². The smallest absolute Gasteiger partial charge is 0.249 e. The number of nitrogens with one attached hydrogen (secondary N) is 1. The van der Waals surface area contributed by atoms with E-state index >= 15 is 0 Å². The van der Waals surface area contributed by atoms with Crippen molar-refractivity contribution < 1.29 is 14.3 Å². The fourth-order valence-corrected chi connectivity index (χ4v) is 2.81. The Morgan fingerprint density at radius 1 is 1.20 bits per heavy atom. The lowest BCUT2D eigenvalue weighted by Gasteiger charge is -2.20. The third-order valence-electron chi connectivity index (χ3n) is 4.05. The second-order valence-electron chi connectivity index (χ2n) is 6.36. The first-order valence-corrected chi connectivity index (χ1v) is 8.92. The van der Waals surface area contributed by atoms with Crippen molar-refractivity contribution in [3.05, 3.63) is 30.1 Å². The molecule has 0 spiro atoms. The van der Waals surface area contributed by atoms with Crippen LogP contribution in [-0.4, -0.2) is 41.4 Å². The fraction of sp³-hybridized carbons (Fsp3) is 0.579. The molecule has 25 heavy (non-hydrogen) atoms. The van der Waals surface area contributed by atoms with Gasteiger partial charge in [-0.25, -0.2) is 4.98 Å². The summed E-state index contributed by atoms with van der Waals surface area (Å²) in [4.78, 5) is 17.1. The Balaban J connectivity index is 2.07. The molecule has 1 aromatic carbocycles. The van der Waals surface area contributed by atoms with E-state index in [-0.39, 0.29) is 18.0 Å². The van der Waals surface area contributed by atoms with Crippen LogP contribution in [0.1, 0.15) is 52.5 Å². The van der Waals surface area contributed by atoms with Gasteiger partial charge in [0.15, 0.2) is 0 Å². The quantitative estimate of drug-likeness (QED) is 0.707. The molecule has 0 saturated heterocycles. The van der Waals surface area contributed by atoms with Crippen LogP contribution in [0.4, 0.5) is 0 Å². The van der Waals surface area contributed by atoms with Crippen LogP contribution in [0.5, 0.6) is 0 Å². The Kier molecular flexibility index (Phi) is 6.96. The molecule has 0 aliphatic heterocycles. The molecule has 0 saturated carbocycles. The highest BCUT2D eigenvalue weighted by atomic mass is 16.5. The van der Waals surface area contributed by atoms with Gasteiger partial charge in [-0.1, -0.05) is 12.1 Å². The molecule has 138 valence electrons. The van der Waals surface area contributed by atoms with E-state index in [0.717, 1.165) is 16.9 Å². The van der Waals surface area contributed by atoms with E-state index in [2.05, 4.69) is 29.8 Å². The number of amides is 1. The third kappa shape index (κ3) is 4.80. The predicted octanol–water partition coefficient (Wildman–Crippen LogP) is 3.24. The molecular weight excluding hydrogens is 318 g/mol. The van der Waals surface area contributed by atoms with Crippen LogP contribution in [-0.2, 0) is 14.3 Å². The third-order valence-corrected chi connectivity index (χ3v) is 4.05. The summed E-state index contributed by atoms with van der Waals surface area (Å²) in [6.45, 7) is 11.4. The molecule has 2 rings (SSSR count). The molecule has 1 heterocycles. The monoisotopic (exact) mass is 347 g/mol. The predicted molar refractivity (Wildman–Crippen MR) is 98.6 cm³/mol. The number of aromatic nitrogens is 2. The van der Waals surface area contributed by atoms with Crippen molar-refractivity contribution in [3.8, 4) is 0 Å². The summed E-state index contributed by atoms with van der Waals surface area (Å²) in [5, 5.41) is 3.00. The van der Waals surface area contributed by atoms with Crippen LogP contribution >= 0.6 is 0 Å². The Hall–Kier alpha value is -1.92. The number of carbonyl (C=O) groups excluding carboxylic acids is 1. The number of imidazole rings is 1. The van der Waals surface area contributed by atoms with E-state index < -0.39 is 6.10 Å². The maximum absolute atomic E-state index is 12.4. The molecule has 0 unspecified atom stereocenters. The van der Waals surface area contributed by atoms with Crippen molar-refractivity contribution in [3.63, 3.8) is 0 Å². The maximum atomic E-state index is 12.4. The zero-order valence-electron chi connectivity index (χ0n) is 15.8. The minimum atomic E-state index is -0.528. The molecule has 0 aliphatic carbocycles. The topological polar surface area (TPSA) is 65.4 Å². The first-order valence-electron chi connectivity index (χ1n) is 8.92.